The van der Waals surface area contributed by atoms with Gasteiger partial charge < -0.3 is 10.6 Å². The molecule has 1 aromatic carbocycles. The number of carbonyl (C=O) groups is 1. The molecule has 5 heteroatoms. The van der Waals surface area contributed by atoms with Crippen LogP contribution in [-0.4, -0.2) is 24.0 Å². The largest absolute Gasteiger partial charge is 0.360 e. The van der Waals surface area contributed by atoms with Crippen molar-refractivity contribution in [3.8, 4) is 10.4 Å². The highest BCUT2D eigenvalue weighted by Gasteiger charge is 2.03. The van der Waals surface area contributed by atoms with E-state index >= 15 is 0 Å². The van der Waals surface area contributed by atoms with E-state index < -0.39 is 0 Å². The predicted molar refractivity (Wildman–Crippen MR) is 74.7 cm³/mol. The number of aromatic nitrogens is 1. The average Bonchev–Trinajstić information content (AvgIpc) is 2.84. The summed E-state index contributed by atoms with van der Waals surface area (Å²) in [5.41, 5.74) is 1.17. The minimum absolute atomic E-state index is 0.0130. The van der Waals surface area contributed by atoms with E-state index in [0.717, 1.165) is 10.0 Å². The minimum Gasteiger partial charge on any atom is -0.360 e. The maximum atomic E-state index is 10.7. The lowest BCUT2D eigenvalue weighted by molar-refractivity contribution is -0.118. The number of benzene rings is 1. The van der Waals surface area contributed by atoms with Gasteiger partial charge >= 0.3 is 0 Å². The van der Waals surface area contributed by atoms with Gasteiger partial charge in [-0.2, -0.15) is 0 Å². The second-order valence-electron chi connectivity index (χ2n) is 3.81. The van der Waals surface area contributed by atoms with Crippen molar-refractivity contribution in [1.82, 2.24) is 10.3 Å². The Balaban J connectivity index is 1.89. The molecule has 1 heterocycles. The quantitative estimate of drug-likeness (QED) is 0.812. The molecular formula is C13H15N3OS. The van der Waals surface area contributed by atoms with Crippen LogP contribution in [0.1, 0.15) is 6.92 Å². The Labute approximate surface area is 110 Å². The predicted octanol–water partition coefficient (Wildman–Crippen LogP) is 2.36. The van der Waals surface area contributed by atoms with Gasteiger partial charge in [0.25, 0.3) is 0 Å². The second-order valence-corrected chi connectivity index (χ2v) is 4.84. The van der Waals surface area contributed by atoms with Crippen molar-refractivity contribution in [3.05, 3.63) is 36.5 Å². The van der Waals surface area contributed by atoms with Gasteiger partial charge in [0, 0.05) is 26.2 Å². The first-order chi connectivity index (χ1) is 8.75. The number of thiazole rings is 1. The SMILES string of the molecule is CC(=O)NCCNc1ncc(-c2ccccc2)s1. The molecule has 0 bridgehead atoms. The number of hydrogen-bond acceptors (Lipinski definition) is 4. The van der Waals surface area contributed by atoms with E-state index in [2.05, 4.69) is 27.8 Å². The first-order valence-corrected chi connectivity index (χ1v) is 6.57. The molecule has 94 valence electrons. The van der Waals surface area contributed by atoms with Gasteiger partial charge in [-0.15, -0.1) is 0 Å². The molecule has 1 aromatic heterocycles. The maximum absolute atomic E-state index is 10.7. The fraction of sp³-hybridized carbons (Fsp3) is 0.231. The summed E-state index contributed by atoms with van der Waals surface area (Å²) in [6, 6.07) is 10.2. The lowest BCUT2D eigenvalue weighted by atomic mass is 10.2. The van der Waals surface area contributed by atoms with E-state index in [1.807, 2.05) is 24.4 Å². The number of hydrogen-bond donors (Lipinski definition) is 2. The van der Waals surface area contributed by atoms with Crippen molar-refractivity contribution in [2.75, 3.05) is 18.4 Å². The van der Waals surface area contributed by atoms with Crippen molar-refractivity contribution in [2.24, 2.45) is 0 Å². The first kappa shape index (κ1) is 12.6. The Morgan fingerprint density at radius 2 is 2.06 bits per heavy atom. The molecular weight excluding hydrogens is 246 g/mol. The standard InChI is InChI=1S/C13H15N3OS/c1-10(17)14-7-8-15-13-16-9-12(18-13)11-5-3-2-4-6-11/h2-6,9H,7-8H2,1H3,(H,14,17)(H,15,16). The molecule has 0 saturated heterocycles. The number of anilines is 1. The molecule has 2 aromatic rings. The van der Waals surface area contributed by atoms with Crippen molar-refractivity contribution in [1.29, 1.82) is 0 Å². The van der Waals surface area contributed by atoms with Gasteiger partial charge in [-0.05, 0) is 5.56 Å². The number of carbonyl (C=O) groups excluding carboxylic acids is 1. The zero-order chi connectivity index (χ0) is 12.8. The number of nitrogens with zero attached hydrogens (tertiary/aromatic N) is 1. The highest BCUT2D eigenvalue weighted by atomic mass is 32.1. The monoisotopic (exact) mass is 261 g/mol. The second kappa shape index (κ2) is 6.16. The first-order valence-electron chi connectivity index (χ1n) is 5.75. The average molecular weight is 261 g/mol. The Morgan fingerprint density at radius 3 is 2.78 bits per heavy atom. The smallest absolute Gasteiger partial charge is 0.216 e. The molecule has 0 fully saturated rings. The molecule has 0 atom stereocenters. The van der Waals surface area contributed by atoms with Crippen LogP contribution in [0.25, 0.3) is 10.4 Å². The Kier molecular flexibility index (Phi) is 4.30. The highest BCUT2D eigenvalue weighted by Crippen LogP contribution is 2.28. The zero-order valence-electron chi connectivity index (χ0n) is 10.1. The van der Waals surface area contributed by atoms with Crippen LogP contribution >= 0.6 is 11.3 Å². The topological polar surface area (TPSA) is 54.0 Å². The summed E-state index contributed by atoms with van der Waals surface area (Å²) in [5, 5.41) is 6.79. The molecule has 0 saturated carbocycles. The van der Waals surface area contributed by atoms with Crippen LogP contribution in [-0.2, 0) is 4.79 Å². The molecule has 2 N–H and O–H groups in total. The lowest BCUT2D eigenvalue weighted by Gasteiger charge is -2.02. The highest BCUT2D eigenvalue weighted by molar-refractivity contribution is 7.18. The molecule has 0 spiro atoms. The molecule has 0 radical (unpaired) electrons. The number of nitrogens with one attached hydrogen (secondary N) is 2. The summed E-state index contributed by atoms with van der Waals surface area (Å²) in [7, 11) is 0. The molecule has 4 nitrogen and oxygen atoms in total. The van der Waals surface area contributed by atoms with Gasteiger partial charge in [-0.25, -0.2) is 4.98 Å². The van der Waals surface area contributed by atoms with Crippen LogP contribution in [0.3, 0.4) is 0 Å². The van der Waals surface area contributed by atoms with Gasteiger partial charge in [0.15, 0.2) is 5.13 Å². The third kappa shape index (κ3) is 3.56. The van der Waals surface area contributed by atoms with E-state index in [1.165, 1.54) is 12.5 Å². The van der Waals surface area contributed by atoms with Crippen LogP contribution in [0.4, 0.5) is 5.13 Å². The third-order valence-corrected chi connectivity index (χ3v) is 3.34. The van der Waals surface area contributed by atoms with Gasteiger partial charge in [-0.1, -0.05) is 41.7 Å². The van der Waals surface area contributed by atoms with Crippen molar-refractivity contribution in [2.45, 2.75) is 6.92 Å². The molecule has 0 aliphatic rings. The zero-order valence-corrected chi connectivity index (χ0v) is 11.0. The normalized spacial score (nSPS) is 10.1. The van der Waals surface area contributed by atoms with Crippen molar-refractivity contribution in [3.63, 3.8) is 0 Å². The van der Waals surface area contributed by atoms with Gasteiger partial charge in [-0.3, -0.25) is 4.79 Å². The molecule has 0 aliphatic carbocycles. The van der Waals surface area contributed by atoms with Crippen molar-refractivity contribution < 1.29 is 4.79 Å². The Morgan fingerprint density at radius 1 is 1.28 bits per heavy atom. The van der Waals surface area contributed by atoms with Gasteiger partial charge in [0.2, 0.25) is 5.91 Å². The van der Waals surface area contributed by atoms with Crippen LogP contribution in [0.5, 0.6) is 0 Å². The number of rotatable bonds is 5. The molecule has 1 amide bonds. The third-order valence-electron chi connectivity index (χ3n) is 2.34. The minimum atomic E-state index is -0.0130. The Hall–Kier alpha value is -1.88. The molecule has 18 heavy (non-hydrogen) atoms. The van der Waals surface area contributed by atoms with Crippen LogP contribution in [0, 0.1) is 0 Å². The van der Waals surface area contributed by atoms with E-state index in [9.17, 15) is 4.79 Å². The maximum Gasteiger partial charge on any atom is 0.216 e. The molecule has 0 unspecified atom stereocenters. The van der Waals surface area contributed by atoms with Crippen LogP contribution in [0.15, 0.2) is 36.5 Å². The summed E-state index contributed by atoms with van der Waals surface area (Å²) < 4.78 is 0. The van der Waals surface area contributed by atoms with E-state index in [-0.39, 0.29) is 5.91 Å². The fourth-order valence-electron chi connectivity index (χ4n) is 1.50. The van der Waals surface area contributed by atoms with Gasteiger partial charge in [0.1, 0.15) is 0 Å². The molecule has 0 aliphatic heterocycles. The lowest BCUT2D eigenvalue weighted by Crippen LogP contribution is -2.26. The van der Waals surface area contributed by atoms with Crippen LogP contribution < -0.4 is 10.6 Å². The molecule has 2 rings (SSSR count). The summed E-state index contributed by atoms with van der Waals surface area (Å²) >= 11 is 1.61. The van der Waals surface area contributed by atoms with E-state index in [1.54, 1.807) is 11.3 Å². The fourth-order valence-corrected chi connectivity index (χ4v) is 2.35. The Bertz CT molecular complexity index is 510. The van der Waals surface area contributed by atoms with Gasteiger partial charge in [0.05, 0.1) is 4.88 Å². The summed E-state index contributed by atoms with van der Waals surface area (Å²) in [5.74, 6) is -0.0130. The number of amides is 1. The van der Waals surface area contributed by atoms with Crippen molar-refractivity contribution >= 4 is 22.4 Å². The summed E-state index contributed by atoms with van der Waals surface area (Å²) in [6.07, 6.45) is 1.86. The van der Waals surface area contributed by atoms with E-state index in [0.29, 0.717) is 13.1 Å². The van der Waals surface area contributed by atoms with E-state index in [4.69, 9.17) is 0 Å². The summed E-state index contributed by atoms with van der Waals surface area (Å²) in [4.78, 5) is 16.1. The summed E-state index contributed by atoms with van der Waals surface area (Å²) in [6.45, 7) is 2.80. The van der Waals surface area contributed by atoms with Crippen LogP contribution in [0.2, 0.25) is 0 Å².